The highest BCUT2D eigenvalue weighted by Crippen LogP contribution is 2.38. The van der Waals surface area contributed by atoms with E-state index in [-0.39, 0.29) is 11.8 Å². The summed E-state index contributed by atoms with van der Waals surface area (Å²) in [6.07, 6.45) is 0.999. The molecule has 1 fully saturated rings. The van der Waals surface area contributed by atoms with Crippen LogP contribution in [0.2, 0.25) is 0 Å². The van der Waals surface area contributed by atoms with Crippen molar-refractivity contribution in [1.82, 2.24) is 0 Å². The second kappa shape index (κ2) is 3.33. The number of amides is 1. The molecule has 2 unspecified atom stereocenters. The number of anilines is 2. The highest BCUT2D eigenvalue weighted by Gasteiger charge is 2.39. The topological polar surface area (TPSA) is 55.1 Å². The summed E-state index contributed by atoms with van der Waals surface area (Å²) < 4.78 is 0. The molecule has 0 radical (unpaired) electrons. The second-order valence-electron chi connectivity index (χ2n) is 3.90. The van der Waals surface area contributed by atoms with Gasteiger partial charge in [-0.2, -0.15) is 0 Å². The van der Waals surface area contributed by atoms with E-state index in [0.29, 0.717) is 11.6 Å². The Balaban J connectivity index is 2.04. The maximum absolute atomic E-state index is 11.6. The minimum absolute atomic E-state index is 0.0930. The van der Waals surface area contributed by atoms with Crippen molar-refractivity contribution in [2.24, 2.45) is 11.8 Å². The third kappa shape index (κ3) is 1.71. The minimum atomic E-state index is 0.0930. The van der Waals surface area contributed by atoms with Gasteiger partial charge < -0.3 is 11.1 Å². The Morgan fingerprint density at radius 2 is 2.14 bits per heavy atom. The van der Waals surface area contributed by atoms with Gasteiger partial charge in [-0.3, -0.25) is 4.79 Å². The zero-order chi connectivity index (χ0) is 10.1. The van der Waals surface area contributed by atoms with E-state index in [0.717, 1.165) is 12.1 Å². The van der Waals surface area contributed by atoms with E-state index in [2.05, 4.69) is 12.2 Å². The third-order valence-corrected chi connectivity index (χ3v) is 2.66. The maximum atomic E-state index is 11.6. The Hall–Kier alpha value is -1.51. The smallest absolute Gasteiger partial charge is 0.227 e. The standard InChI is InChI=1S/C11H14N2O/c1-7-6-8(7)11(14)13-10-5-3-2-4-9(10)12/h2-5,7-8H,6,12H2,1H3,(H,13,14). The predicted molar refractivity (Wildman–Crippen MR) is 56.8 cm³/mol. The summed E-state index contributed by atoms with van der Waals surface area (Å²) in [7, 11) is 0. The van der Waals surface area contributed by atoms with Gasteiger partial charge in [0.25, 0.3) is 0 Å². The zero-order valence-corrected chi connectivity index (χ0v) is 8.16. The van der Waals surface area contributed by atoms with Gasteiger partial charge in [-0.25, -0.2) is 0 Å². The van der Waals surface area contributed by atoms with Crippen LogP contribution in [-0.4, -0.2) is 5.91 Å². The van der Waals surface area contributed by atoms with E-state index < -0.39 is 0 Å². The van der Waals surface area contributed by atoms with Crippen LogP contribution in [0, 0.1) is 11.8 Å². The van der Waals surface area contributed by atoms with Crippen LogP contribution >= 0.6 is 0 Å². The van der Waals surface area contributed by atoms with Crippen molar-refractivity contribution >= 4 is 17.3 Å². The first kappa shape index (κ1) is 9.06. The Bertz CT molecular complexity index is 362. The number of nitrogens with two attached hydrogens (primary N) is 1. The van der Waals surface area contributed by atoms with E-state index in [1.807, 2.05) is 18.2 Å². The number of nitrogen functional groups attached to an aromatic ring is 1. The second-order valence-corrected chi connectivity index (χ2v) is 3.90. The molecule has 14 heavy (non-hydrogen) atoms. The van der Waals surface area contributed by atoms with E-state index in [9.17, 15) is 4.79 Å². The van der Waals surface area contributed by atoms with Gasteiger partial charge in [0, 0.05) is 5.92 Å². The largest absolute Gasteiger partial charge is 0.397 e. The molecule has 0 aliphatic heterocycles. The average Bonchev–Trinajstić information content (AvgIpc) is 2.87. The van der Waals surface area contributed by atoms with E-state index in [1.165, 1.54) is 0 Å². The van der Waals surface area contributed by atoms with Gasteiger partial charge in [0.1, 0.15) is 0 Å². The van der Waals surface area contributed by atoms with Crippen LogP contribution in [0.15, 0.2) is 24.3 Å². The van der Waals surface area contributed by atoms with Crippen molar-refractivity contribution in [3.63, 3.8) is 0 Å². The molecule has 3 N–H and O–H groups in total. The minimum Gasteiger partial charge on any atom is -0.397 e. The molecule has 1 aromatic rings. The molecule has 1 aliphatic carbocycles. The first-order chi connectivity index (χ1) is 6.68. The number of rotatable bonds is 2. The molecule has 2 rings (SSSR count). The maximum Gasteiger partial charge on any atom is 0.227 e. The lowest BCUT2D eigenvalue weighted by atomic mass is 10.2. The van der Waals surface area contributed by atoms with E-state index in [1.54, 1.807) is 6.07 Å². The molecule has 0 heterocycles. The molecule has 1 amide bonds. The first-order valence-electron chi connectivity index (χ1n) is 4.84. The highest BCUT2D eigenvalue weighted by molar-refractivity contribution is 5.96. The van der Waals surface area contributed by atoms with Crippen LogP contribution in [0.4, 0.5) is 11.4 Å². The Morgan fingerprint density at radius 3 is 2.71 bits per heavy atom. The average molecular weight is 190 g/mol. The molecule has 3 nitrogen and oxygen atoms in total. The summed E-state index contributed by atoms with van der Waals surface area (Å²) in [5, 5.41) is 2.84. The molecular weight excluding hydrogens is 176 g/mol. The van der Waals surface area contributed by atoms with Crippen LogP contribution in [0.5, 0.6) is 0 Å². The molecule has 0 bridgehead atoms. The fourth-order valence-corrected chi connectivity index (χ4v) is 1.52. The van der Waals surface area contributed by atoms with Crippen molar-refractivity contribution in [1.29, 1.82) is 0 Å². The number of nitrogens with one attached hydrogen (secondary N) is 1. The third-order valence-electron chi connectivity index (χ3n) is 2.66. The lowest BCUT2D eigenvalue weighted by Crippen LogP contribution is -2.15. The molecular formula is C11H14N2O. The number of carbonyl (C=O) groups excluding carboxylic acids is 1. The van der Waals surface area contributed by atoms with Crippen molar-refractivity contribution in [3.05, 3.63) is 24.3 Å². The van der Waals surface area contributed by atoms with Crippen molar-refractivity contribution in [2.75, 3.05) is 11.1 Å². The predicted octanol–water partition coefficient (Wildman–Crippen LogP) is 1.86. The van der Waals surface area contributed by atoms with Crippen LogP contribution in [0.3, 0.4) is 0 Å². The number of carbonyl (C=O) groups is 1. The summed E-state index contributed by atoms with van der Waals surface area (Å²) in [5.41, 5.74) is 7.05. The monoisotopic (exact) mass is 190 g/mol. The van der Waals surface area contributed by atoms with Gasteiger partial charge in [-0.1, -0.05) is 19.1 Å². The lowest BCUT2D eigenvalue weighted by Gasteiger charge is -2.06. The van der Waals surface area contributed by atoms with Crippen LogP contribution < -0.4 is 11.1 Å². The van der Waals surface area contributed by atoms with Gasteiger partial charge >= 0.3 is 0 Å². The Labute approximate surface area is 83.3 Å². The summed E-state index contributed by atoms with van der Waals surface area (Å²) in [5.74, 6) is 0.810. The van der Waals surface area contributed by atoms with Crippen molar-refractivity contribution in [3.8, 4) is 0 Å². The Morgan fingerprint density at radius 1 is 1.50 bits per heavy atom. The zero-order valence-electron chi connectivity index (χ0n) is 8.16. The lowest BCUT2D eigenvalue weighted by molar-refractivity contribution is -0.117. The Kier molecular flexibility index (Phi) is 2.15. The van der Waals surface area contributed by atoms with Gasteiger partial charge in [0.2, 0.25) is 5.91 Å². The summed E-state index contributed by atoms with van der Waals surface area (Å²) in [6, 6.07) is 7.32. The molecule has 0 saturated heterocycles. The molecule has 0 spiro atoms. The molecule has 2 atom stereocenters. The molecule has 1 aliphatic rings. The molecule has 74 valence electrons. The van der Waals surface area contributed by atoms with Crippen molar-refractivity contribution in [2.45, 2.75) is 13.3 Å². The molecule has 3 heteroatoms. The number of benzene rings is 1. The van der Waals surface area contributed by atoms with Gasteiger partial charge in [0.15, 0.2) is 0 Å². The molecule has 1 aromatic carbocycles. The number of hydrogen-bond acceptors (Lipinski definition) is 2. The number of hydrogen-bond donors (Lipinski definition) is 2. The van der Waals surface area contributed by atoms with Crippen LogP contribution in [0.25, 0.3) is 0 Å². The SMILES string of the molecule is CC1CC1C(=O)Nc1ccccc1N. The van der Waals surface area contributed by atoms with Crippen LogP contribution in [-0.2, 0) is 4.79 Å². The van der Waals surface area contributed by atoms with Crippen molar-refractivity contribution < 1.29 is 4.79 Å². The summed E-state index contributed by atoms with van der Waals surface area (Å²) in [4.78, 5) is 11.6. The van der Waals surface area contributed by atoms with Crippen LogP contribution in [0.1, 0.15) is 13.3 Å². The summed E-state index contributed by atoms with van der Waals surface area (Å²) >= 11 is 0. The normalized spacial score (nSPS) is 24.4. The molecule has 1 saturated carbocycles. The highest BCUT2D eigenvalue weighted by atomic mass is 16.2. The number of para-hydroxylation sites is 2. The fraction of sp³-hybridized carbons (Fsp3) is 0.364. The van der Waals surface area contributed by atoms with Gasteiger partial charge in [-0.15, -0.1) is 0 Å². The van der Waals surface area contributed by atoms with Gasteiger partial charge in [0.05, 0.1) is 11.4 Å². The first-order valence-corrected chi connectivity index (χ1v) is 4.84. The van der Waals surface area contributed by atoms with E-state index in [4.69, 9.17) is 5.73 Å². The quantitative estimate of drug-likeness (QED) is 0.699. The summed E-state index contributed by atoms with van der Waals surface area (Å²) in [6.45, 7) is 2.08. The molecule has 0 aromatic heterocycles. The fourth-order valence-electron chi connectivity index (χ4n) is 1.52. The van der Waals surface area contributed by atoms with E-state index >= 15 is 0 Å². The van der Waals surface area contributed by atoms with Gasteiger partial charge in [-0.05, 0) is 24.5 Å².